The van der Waals surface area contributed by atoms with E-state index in [1.807, 2.05) is 43.9 Å². The van der Waals surface area contributed by atoms with Crippen LogP contribution in [-0.2, 0) is 6.42 Å². The molecule has 4 rings (SSSR count). The fourth-order valence-electron chi connectivity index (χ4n) is 3.75. The molecule has 0 N–H and O–H groups in total. The molecule has 0 aliphatic carbocycles. The number of amides is 1. The summed E-state index contributed by atoms with van der Waals surface area (Å²) in [6.45, 7) is 7.11. The minimum atomic E-state index is -0.0000639. The molecule has 1 saturated heterocycles. The first-order valence-electron chi connectivity index (χ1n) is 9.48. The lowest BCUT2D eigenvalue weighted by Crippen LogP contribution is -2.29. The maximum absolute atomic E-state index is 12.7. The topological polar surface area (TPSA) is 85.0 Å². The van der Waals surface area contributed by atoms with Crippen molar-refractivity contribution in [3.63, 3.8) is 0 Å². The summed E-state index contributed by atoms with van der Waals surface area (Å²) >= 11 is 0. The zero-order valence-corrected chi connectivity index (χ0v) is 16.3. The molecule has 1 aliphatic heterocycles. The SMILES string of the molecule is Cc1ncc(C(=O)N2CC[C@H](Cc3cccc(-c4c(C)noc4C)n3)C2)cn1. The van der Waals surface area contributed by atoms with Crippen LogP contribution in [-0.4, -0.2) is 44.0 Å². The molecule has 0 bridgehead atoms. The Morgan fingerprint density at radius 3 is 2.71 bits per heavy atom. The summed E-state index contributed by atoms with van der Waals surface area (Å²) in [5.74, 6) is 1.84. The average Bonchev–Trinajstić information content (AvgIpc) is 3.28. The molecular formula is C21H23N5O2. The number of aromatic nitrogens is 4. The maximum atomic E-state index is 12.7. The van der Waals surface area contributed by atoms with Crippen LogP contribution in [0.2, 0.25) is 0 Å². The van der Waals surface area contributed by atoms with Gasteiger partial charge in [0.1, 0.15) is 11.6 Å². The molecule has 1 amide bonds. The number of likely N-dealkylation sites (tertiary alicyclic amines) is 1. The molecule has 1 aliphatic rings. The van der Waals surface area contributed by atoms with Gasteiger partial charge in [-0.25, -0.2) is 9.97 Å². The second kappa shape index (κ2) is 7.50. The Morgan fingerprint density at radius 1 is 1.21 bits per heavy atom. The van der Waals surface area contributed by atoms with E-state index >= 15 is 0 Å². The van der Waals surface area contributed by atoms with Crippen molar-refractivity contribution in [3.05, 3.63) is 59.1 Å². The number of carbonyl (C=O) groups excluding carboxylic acids is 1. The van der Waals surface area contributed by atoms with Gasteiger partial charge in [0.2, 0.25) is 0 Å². The highest BCUT2D eigenvalue weighted by atomic mass is 16.5. The standard InChI is InChI=1S/C21H23N5O2/c1-13-20(14(2)28-25-13)19-6-4-5-18(24-19)9-16-7-8-26(12-16)21(27)17-10-22-15(3)23-11-17/h4-6,10-11,16H,7-9,12H2,1-3H3/t16-/m1/s1. The molecule has 3 aromatic heterocycles. The molecule has 3 aromatic rings. The van der Waals surface area contributed by atoms with Crippen molar-refractivity contribution in [1.29, 1.82) is 0 Å². The van der Waals surface area contributed by atoms with Gasteiger partial charge in [0, 0.05) is 31.2 Å². The van der Waals surface area contributed by atoms with Crippen LogP contribution in [0.1, 0.15) is 39.8 Å². The predicted octanol–water partition coefficient (Wildman–Crippen LogP) is 3.16. The normalized spacial score (nSPS) is 16.5. The predicted molar refractivity (Wildman–Crippen MR) is 104 cm³/mol. The Kier molecular flexibility index (Phi) is 4.90. The highest BCUT2D eigenvalue weighted by Gasteiger charge is 2.28. The molecule has 0 aromatic carbocycles. The molecule has 0 saturated carbocycles. The highest BCUT2D eigenvalue weighted by Crippen LogP contribution is 2.27. The summed E-state index contributed by atoms with van der Waals surface area (Å²) in [4.78, 5) is 27.6. The minimum Gasteiger partial charge on any atom is -0.361 e. The van der Waals surface area contributed by atoms with Crippen LogP contribution in [0, 0.1) is 26.7 Å². The van der Waals surface area contributed by atoms with Crippen molar-refractivity contribution in [2.24, 2.45) is 5.92 Å². The lowest BCUT2D eigenvalue weighted by atomic mass is 10.0. The van der Waals surface area contributed by atoms with Crippen molar-refractivity contribution in [1.82, 2.24) is 25.0 Å². The molecule has 1 fully saturated rings. The van der Waals surface area contributed by atoms with Gasteiger partial charge >= 0.3 is 0 Å². The molecule has 1 atom stereocenters. The van der Waals surface area contributed by atoms with E-state index < -0.39 is 0 Å². The third kappa shape index (κ3) is 3.65. The van der Waals surface area contributed by atoms with Crippen LogP contribution in [0.15, 0.2) is 35.1 Å². The number of aryl methyl sites for hydroxylation is 3. The average molecular weight is 377 g/mol. The summed E-state index contributed by atoms with van der Waals surface area (Å²) in [6, 6.07) is 6.04. The zero-order valence-electron chi connectivity index (χ0n) is 16.3. The van der Waals surface area contributed by atoms with E-state index in [2.05, 4.69) is 15.1 Å². The second-order valence-corrected chi connectivity index (χ2v) is 7.34. The molecule has 7 nitrogen and oxygen atoms in total. The van der Waals surface area contributed by atoms with Gasteiger partial charge in [-0.2, -0.15) is 0 Å². The molecule has 0 spiro atoms. The van der Waals surface area contributed by atoms with E-state index in [1.165, 1.54) is 0 Å². The van der Waals surface area contributed by atoms with E-state index in [0.29, 0.717) is 17.3 Å². The fourth-order valence-corrected chi connectivity index (χ4v) is 3.75. The van der Waals surface area contributed by atoms with E-state index in [-0.39, 0.29) is 5.91 Å². The first-order chi connectivity index (χ1) is 13.5. The summed E-state index contributed by atoms with van der Waals surface area (Å²) < 4.78 is 5.27. The largest absolute Gasteiger partial charge is 0.361 e. The number of hydrogen-bond donors (Lipinski definition) is 0. The monoisotopic (exact) mass is 377 g/mol. The lowest BCUT2D eigenvalue weighted by Gasteiger charge is -2.16. The van der Waals surface area contributed by atoms with Gasteiger partial charge in [-0.3, -0.25) is 9.78 Å². The van der Waals surface area contributed by atoms with Gasteiger partial charge in [0.05, 0.1) is 22.5 Å². The van der Waals surface area contributed by atoms with Gasteiger partial charge < -0.3 is 9.42 Å². The van der Waals surface area contributed by atoms with Crippen LogP contribution < -0.4 is 0 Å². The van der Waals surface area contributed by atoms with Crippen molar-refractivity contribution < 1.29 is 9.32 Å². The first-order valence-corrected chi connectivity index (χ1v) is 9.48. The Labute approximate surface area is 163 Å². The van der Waals surface area contributed by atoms with E-state index in [0.717, 1.165) is 54.3 Å². The maximum Gasteiger partial charge on any atom is 0.256 e. The van der Waals surface area contributed by atoms with Gasteiger partial charge in [0.25, 0.3) is 5.91 Å². The molecule has 0 radical (unpaired) electrons. The smallest absolute Gasteiger partial charge is 0.256 e. The Morgan fingerprint density at radius 2 is 2.00 bits per heavy atom. The van der Waals surface area contributed by atoms with Gasteiger partial charge in [-0.05, 0) is 51.7 Å². The number of hydrogen-bond acceptors (Lipinski definition) is 6. The minimum absolute atomic E-state index is 0.0000639. The number of nitrogens with zero attached hydrogens (tertiary/aromatic N) is 5. The third-order valence-electron chi connectivity index (χ3n) is 5.20. The quantitative estimate of drug-likeness (QED) is 0.694. The van der Waals surface area contributed by atoms with Crippen molar-refractivity contribution in [2.45, 2.75) is 33.6 Å². The summed E-state index contributed by atoms with van der Waals surface area (Å²) in [5, 5.41) is 4.02. The Bertz CT molecular complexity index is 977. The van der Waals surface area contributed by atoms with Crippen LogP contribution >= 0.6 is 0 Å². The molecule has 4 heterocycles. The van der Waals surface area contributed by atoms with Gasteiger partial charge in [-0.15, -0.1) is 0 Å². The zero-order chi connectivity index (χ0) is 19.7. The van der Waals surface area contributed by atoms with Gasteiger partial charge in [-0.1, -0.05) is 11.2 Å². The Balaban J connectivity index is 1.44. The molecule has 144 valence electrons. The van der Waals surface area contributed by atoms with Crippen LogP contribution in [0.3, 0.4) is 0 Å². The molecule has 0 unspecified atom stereocenters. The number of carbonyl (C=O) groups is 1. The molecule has 28 heavy (non-hydrogen) atoms. The fraction of sp³-hybridized carbons (Fsp3) is 0.381. The van der Waals surface area contributed by atoms with Crippen molar-refractivity contribution >= 4 is 5.91 Å². The van der Waals surface area contributed by atoms with Gasteiger partial charge in [0.15, 0.2) is 0 Å². The molecular weight excluding hydrogens is 354 g/mol. The van der Waals surface area contributed by atoms with Crippen LogP contribution in [0.4, 0.5) is 0 Å². The van der Waals surface area contributed by atoms with Crippen LogP contribution in [0.25, 0.3) is 11.3 Å². The summed E-state index contributed by atoms with van der Waals surface area (Å²) in [5.41, 5.74) is 4.27. The summed E-state index contributed by atoms with van der Waals surface area (Å²) in [6.07, 6.45) is 5.01. The number of pyridine rings is 1. The lowest BCUT2D eigenvalue weighted by molar-refractivity contribution is 0.0786. The van der Waals surface area contributed by atoms with E-state index in [9.17, 15) is 4.79 Å². The van der Waals surface area contributed by atoms with Crippen LogP contribution in [0.5, 0.6) is 0 Å². The van der Waals surface area contributed by atoms with E-state index in [4.69, 9.17) is 9.51 Å². The number of rotatable bonds is 4. The highest BCUT2D eigenvalue weighted by molar-refractivity contribution is 5.93. The Hall–Kier alpha value is -3.09. The third-order valence-corrected chi connectivity index (χ3v) is 5.20. The van der Waals surface area contributed by atoms with E-state index in [1.54, 1.807) is 12.4 Å². The van der Waals surface area contributed by atoms with Crippen molar-refractivity contribution in [2.75, 3.05) is 13.1 Å². The second-order valence-electron chi connectivity index (χ2n) is 7.34. The first kappa shape index (κ1) is 18.3. The summed E-state index contributed by atoms with van der Waals surface area (Å²) in [7, 11) is 0. The van der Waals surface area contributed by atoms with Crippen molar-refractivity contribution in [3.8, 4) is 11.3 Å². The molecule has 7 heteroatoms.